The smallest absolute Gasteiger partial charge is 0.263 e. The molecule has 0 spiro atoms. The maximum atomic E-state index is 15.5. The minimum atomic E-state index is -4.43. The van der Waals surface area contributed by atoms with E-state index >= 15 is 4.39 Å². The van der Waals surface area contributed by atoms with Crippen LogP contribution in [0.2, 0.25) is 0 Å². The number of fused-ring (bicyclic) bond motifs is 2. The SMILES string of the molecule is Cc1ncc(F)cc1S(=O)(=O)Nc1ccc(F)c(-c2cn3cnc(-c4nc5ccccc5[nH]4)c3cn2)c1F. The molecule has 0 aliphatic carbocycles. The summed E-state index contributed by atoms with van der Waals surface area (Å²) in [5.41, 5.74) is 1.39. The van der Waals surface area contributed by atoms with E-state index in [4.69, 9.17) is 0 Å². The Hall–Kier alpha value is -4.78. The molecule has 9 nitrogen and oxygen atoms in total. The molecular weight excluding hydrogens is 519 g/mol. The molecule has 0 aliphatic rings. The summed E-state index contributed by atoms with van der Waals surface area (Å²) in [5, 5.41) is 0. The van der Waals surface area contributed by atoms with Crippen molar-refractivity contribution in [2.45, 2.75) is 11.8 Å². The summed E-state index contributed by atoms with van der Waals surface area (Å²) in [5.74, 6) is -2.53. The van der Waals surface area contributed by atoms with Crippen LogP contribution in [0.3, 0.4) is 0 Å². The van der Waals surface area contributed by atoms with Gasteiger partial charge in [0.2, 0.25) is 0 Å². The molecule has 0 aliphatic heterocycles. The Morgan fingerprint density at radius 3 is 2.63 bits per heavy atom. The summed E-state index contributed by atoms with van der Waals surface area (Å²) < 4.78 is 73.2. The number of H-pyrrole nitrogens is 1. The minimum Gasteiger partial charge on any atom is -0.337 e. The van der Waals surface area contributed by atoms with E-state index in [9.17, 15) is 17.2 Å². The summed E-state index contributed by atoms with van der Waals surface area (Å²) in [6, 6.07) is 10.1. The van der Waals surface area contributed by atoms with Gasteiger partial charge in [0.15, 0.2) is 11.6 Å². The molecule has 0 fully saturated rings. The van der Waals surface area contributed by atoms with Crippen molar-refractivity contribution in [2.75, 3.05) is 4.72 Å². The first-order chi connectivity index (χ1) is 18.2. The lowest BCUT2D eigenvalue weighted by atomic mass is 10.1. The molecule has 0 amide bonds. The van der Waals surface area contributed by atoms with Gasteiger partial charge in [-0.3, -0.25) is 14.7 Å². The number of aromatic nitrogens is 6. The number of hydrogen-bond donors (Lipinski definition) is 2. The Bertz CT molecular complexity index is 1950. The first kappa shape index (κ1) is 23.6. The molecule has 6 aromatic rings. The molecule has 2 N–H and O–H groups in total. The zero-order valence-corrected chi connectivity index (χ0v) is 20.3. The Morgan fingerprint density at radius 2 is 1.82 bits per heavy atom. The largest absolute Gasteiger partial charge is 0.337 e. The van der Waals surface area contributed by atoms with Crippen LogP contribution >= 0.6 is 0 Å². The lowest BCUT2D eigenvalue weighted by Gasteiger charge is -2.13. The minimum absolute atomic E-state index is 0.00845. The van der Waals surface area contributed by atoms with Crippen molar-refractivity contribution >= 4 is 32.3 Å². The Balaban J connectivity index is 1.39. The van der Waals surface area contributed by atoms with E-state index in [0.717, 1.165) is 35.4 Å². The predicted octanol–water partition coefficient (Wildman–Crippen LogP) is 4.86. The van der Waals surface area contributed by atoms with Gasteiger partial charge in [0.25, 0.3) is 10.0 Å². The second-order valence-electron chi connectivity index (χ2n) is 8.39. The number of para-hydroxylation sites is 2. The summed E-state index contributed by atoms with van der Waals surface area (Å²) in [7, 11) is -4.43. The Labute approximate surface area is 213 Å². The van der Waals surface area contributed by atoms with Gasteiger partial charge < -0.3 is 9.38 Å². The molecule has 190 valence electrons. The van der Waals surface area contributed by atoms with Crippen LogP contribution in [0.4, 0.5) is 18.9 Å². The van der Waals surface area contributed by atoms with Crippen LogP contribution in [-0.4, -0.2) is 37.7 Å². The highest BCUT2D eigenvalue weighted by atomic mass is 32.2. The molecule has 13 heteroatoms. The van der Waals surface area contributed by atoms with Crippen molar-refractivity contribution in [3.05, 3.63) is 90.5 Å². The summed E-state index contributed by atoms with van der Waals surface area (Å²) in [6.45, 7) is 1.37. The normalized spacial score (nSPS) is 11.9. The average Bonchev–Trinajstić information content (AvgIpc) is 3.51. The second-order valence-corrected chi connectivity index (χ2v) is 10.0. The van der Waals surface area contributed by atoms with Gasteiger partial charge in [-0.15, -0.1) is 0 Å². The van der Waals surface area contributed by atoms with Crippen molar-refractivity contribution < 1.29 is 21.6 Å². The zero-order valence-electron chi connectivity index (χ0n) is 19.4. The highest BCUT2D eigenvalue weighted by Gasteiger charge is 2.24. The number of anilines is 1. The number of pyridine rings is 1. The van der Waals surface area contributed by atoms with Crippen LogP contribution < -0.4 is 4.72 Å². The molecule has 4 heterocycles. The Morgan fingerprint density at radius 1 is 1.00 bits per heavy atom. The van der Waals surface area contributed by atoms with Crippen molar-refractivity contribution in [3.63, 3.8) is 0 Å². The fraction of sp³-hybridized carbons (Fsp3) is 0.0400. The number of sulfonamides is 1. The topological polar surface area (TPSA) is 118 Å². The first-order valence-corrected chi connectivity index (χ1v) is 12.6. The van der Waals surface area contributed by atoms with Crippen molar-refractivity contribution in [2.24, 2.45) is 0 Å². The van der Waals surface area contributed by atoms with Crippen LogP contribution in [0.1, 0.15) is 5.69 Å². The summed E-state index contributed by atoms with van der Waals surface area (Å²) in [4.78, 5) is 19.5. The highest BCUT2D eigenvalue weighted by molar-refractivity contribution is 7.92. The molecule has 0 saturated heterocycles. The third kappa shape index (κ3) is 3.93. The lowest BCUT2D eigenvalue weighted by molar-refractivity contribution is 0.584. The third-order valence-corrected chi connectivity index (χ3v) is 7.40. The average molecular weight is 536 g/mol. The first-order valence-electron chi connectivity index (χ1n) is 11.1. The van der Waals surface area contributed by atoms with E-state index in [1.807, 2.05) is 29.0 Å². The quantitative estimate of drug-likeness (QED) is 0.326. The standard InChI is InChI=1S/C25H16F3N7O2S/c1-13-21(8-14(26)9-29-13)38(36,37)34-18-7-6-15(27)22(23(18)28)19-11-35-12-31-24(20(35)10-30-19)25-32-16-4-2-3-5-17(16)33-25/h2-12,34H,1H3,(H,32,33). The van der Waals surface area contributed by atoms with Crippen molar-refractivity contribution in [1.29, 1.82) is 0 Å². The number of rotatable bonds is 5. The van der Waals surface area contributed by atoms with E-state index < -0.39 is 43.6 Å². The maximum Gasteiger partial charge on any atom is 0.263 e. The monoisotopic (exact) mass is 535 g/mol. The Kier molecular flexibility index (Phi) is 5.38. The molecule has 4 aromatic heterocycles. The van der Waals surface area contributed by atoms with Crippen LogP contribution in [0.5, 0.6) is 0 Å². The van der Waals surface area contributed by atoms with Gasteiger partial charge in [0.05, 0.1) is 51.6 Å². The number of imidazole rings is 2. The van der Waals surface area contributed by atoms with E-state index in [1.54, 1.807) is 0 Å². The maximum absolute atomic E-state index is 15.5. The summed E-state index contributed by atoms with van der Waals surface area (Å²) >= 11 is 0. The predicted molar refractivity (Wildman–Crippen MR) is 133 cm³/mol. The van der Waals surface area contributed by atoms with E-state index in [1.165, 1.54) is 30.0 Å². The van der Waals surface area contributed by atoms with Crippen molar-refractivity contribution in [1.82, 2.24) is 29.3 Å². The number of aryl methyl sites for hydroxylation is 1. The highest BCUT2D eigenvalue weighted by Crippen LogP contribution is 2.32. The van der Waals surface area contributed by atoms with Crippen LogP contribution in [0, 0.1) is 24.4 Å². The van der Waals surface area contributed by atoms with Crippen LogP contribution in [0.15, 0.2) is 72.3 Å². The van der Waals surface area contributed by atoms with Crippen LogP contribution in [0.25, 0.3) is 39.3 Å². The number of nitrogens with zero attached hydrogens (tertiary/aromatic N) is 5. The number of halogens is 3. The third-order valence-electron chi connectivity index (χ3n) is 5.92. The molecule has 2 aromatic carbocycles. The van der Waals surface area contributed by atoms with Crippen LogP contribution in [-0.2, 0) is 10.0 Å². The summed E-state index contributed by atoms with van der Waals surface area (Å²) in [6.07, 6.45) is 5.07. The van der Waals surface area contributed by atoms with E-state index in [2.05, 4.69) is 24.9 Å². The number of benzene rings is 2. The molecule has 0 unspecified atom stereocenters. The van der Waals surface area contributed by atoms with Gasteiger partial charge >= 0.3 is 0 Å². The number of nitrogens with one attached hydrogen (secondary N) is 2. The number of aromatic amines is 1. The van der Waals surface area contributed by atoms with Gasteiger partial charge in [-0.25, -0.2) is 31.6 Å². The molecule has 0 saturated carbocycles. The van der Waals surface area contributed by atoms with E-state index in [0.29, 0.717) is 17.0 Å². The molecule has 0 bridgehead atoms. The van der Waals surface area contributed by atoms with Gasteiger partial charge in [-0.2, -0.15) is 0 Å². The van der Waals surface area contributed by atoms with E-state index in [-0.39, 0.29) is 11.4 Å². The molecule has 6 rings (SSSR count). The van der Waals surface area contributed by atoms with Crippen molar-refractivity contribution in [3.8, 4) is 22.8 Å². The fourth-order valence-electron chi connectivity index (χ4n) is 4.10. The zero-order chi connectivity index (χ0) is 26.6. The number of hydrogen-bond acceptors (Lipinski definition) is 6. The van der Waals surface area contributed by atoms with Gasteiger partial charge in [-0.1, -0.05) is 12.1 Å². The molecule has 38 heavy (non-hydrogen) atoms. The van der Waals surface area contributed by atoms with Gasteiger partial charge in [-0.05, 0) is 37.3 Å². The molecule has 0 radical (unpaired) electrons. The molecule has 0 atom stereocenters. The fourth-order valence-corrected chi connectivity index (χ4v) is 5.37. The van der Waals surface area contributed by atoms with Gasteiger partial charge in [0.1, 0.15) is 28.6 Å². The second kappa shape index (κ2) is 8.66. The molecular formula is C25H16F3N7O2S. The lowest BCUT2D eigenvalue weighted by Crippen LogP contribution is -2.16. The van der Waals surface area contributed by atoms with Gasteiger partial charge in [0, 0.05) is 6.20 Å².